The zero-order valence-electron chi connectivity index (χ0n) is 4.96. The molecule has 0 atom stereocenters. The average molecular weight is 280 g/mol. The van der Waals surface area contributed by atoms with Crippen LogP contribution in [0.3, 0.4) is 0 Å². The normalized spacial score (nSPS) is 6.62. The first-order valence-corrected chi connectivity index (χ1v) is 1.74. The fourth-order valence-electron chi connectivity index (χ4n) is 0.291. The molecule has 1 heterocycles. The third kappa shape index (κ3) is 2.97. The fraction of sp³-hybridized carbons (Fsp3) is 0.200. The van der Waals surface area contributed by atoms with Crippen molar-refractivity contribution in [3.05, 3.63) is 26.1 Å². The minimum Gasteiger partial charge on any atom is -0.457 e. The van der Waals surface area contributed by atoms with Crippen molar-refractivity contribution in [3.8, 4) is 0 Å². The zero-order chi connectivity index (χ0) is 4.41. The van der Waals surface area contributed by atoms with Crippen molar-refractivity contribution < 1.29 is 21.1 Å². The minimum absolute atomic E-state index is 0. The Morgan fingerprint density at radius 2 is 2.25 bits per heavy atom. The molecule has 0 saturated heterocycles. The van der Waals surface area contributed by atoms with Crippen molar-refractivity contribution >= 4 is 0 Å². The Morgan fingerprint density at radius 3 is 2.38 bits per heavy atom. The first-order valence-electron chi connectivity index (χ1n) is 1.74. The molecule has 0 bridgehead atoms. The van der Waals surface area contributed by atoms with E-state index < -0.39 is 0 Å². The van der Waals surface area contributed by atoms with Crippen LogP contribution in [0.2, 0.25) is 0 Å². The van der Waals surface area contributed by atoms with E-state index in [1.807, 2.05) is 13.2 Å². The van der Waals surface area contributed by atoms with Crippen LogP contribution in [-0.2, 0) is 28.1 Å². The Balaban J connectivity index is 0. The zero-order valence-corrected chi connectivity index (χ0v) is 7.89. The van der Waals surface area contributed by atoms with Gasteiger partial charge in [-0.05, 0) is 7.05 Å². The Kier molecular flexibility index (Phi) is 6.81. The Labute approximate surface area is 64.2 Å². The second kappa shape index (κ2) is 5.04. The van der Waals surface area contributed by atoms with E-state index in [0.29, 0.717) is 0 Å². The second-order valence-corrected chi connectivity index (χ2v) is 1.14. The molecule has 0 saturated carbocycles. The van der Waals surface area contributed by atoms with E-state index in [1.165, 1.54) is 0 Å². The SMILES string of the molecule is Cn1[c-]ncc1.[CH3-].[W+2]. The summed E-state index contributed by atoms with van der Waals surface area (Å²) >= 11 is 0. The van der Waals surface area contributed by atoms with Gasteiger partial charge in [0.05, 0.1) is 0 Å². The smallest absolute Gasteiger partial charge is 0.457 e. The first-order chi connectivity index (χ1) is 2.89. The van der Waals surface area contributed by atoms with Crippen LogP contribution in [-0.4, -0.2) is 9.55 Å². The summed E-state index contributed by atoms with van der Waals surface area (Å²) in [5.41, 5.74) is 0. The molecular weight excluding hydrogens is 272 g/mol. The van der Waals surface area contributed by atoms with Crippen LogP contribution in [0.1, 0.15) is 0 Å². The number of rotatable bonds is 0. The Bertz CT molecular complexity index is 114. The van der Waals surface area contributed by atoms with Gasteiger partial charge in [0.15, 0.2) is 0 Å². The van der Waals surface area contributed by atoms with Crippen molar-refractivity contribution in [1.29, 1.82) is 0 Å². The summed E-state index contributed by atoms with van der Waals surface area (Å²) in [7, 11) is 1.88. The van der Waals surface area contributed by atoms with Gasteiger partial charge in [-0.2, -0.15) is 0 Å². The van der Waals surface area contributed by atoms with Gasteiger partial charge in [-0.25, -0.2) is 0 Å². The van der Waals surface area contributed by atoms with Crippen LogP contribution in [0.25, 0.3) is 0 Å². The van der Waals surface area contributed by atoms with Crippen LogP contribution in [0.15, 0.2) is 12.4 Å². The van der Waals surface area contributed by atoms with Gasteiger partial charge < -0.3 is 17.0 Å². The topological polar surface area (TPSA) is 17.8 Å². The third-order valence-electron chi connectivity index (χ3n) is 0.580. The maximum absolute atomic E-state index is 3.66. The molecule has 1 aromatic rings. The number of imidazole rings is 1. The van der Waals surface area contributed by atoms with E-state index in [0.717, 1.165) is 0 Å². The Hall–Kier alpha value is -0.102. The average Bonchev–Trinajstić information content (AvgIpc) is 1.86. The molecule has 0 aliphatic heterocycles. The summed E-state index contributed by atoms with van der Waals surface area (Å²) in [5.74, 6) is 0. The Morgan fingerprint density at radius 1 is 1.62 bits per heavy atom. The first kappa shape index (κ1) is 10.8. The maximum Gasteiger partial charge on any atom is 2.00 e. The number of aryl methyl sites for hydroxylation is 1. The van der Waals surface area contributed by atoms with Crippen LogP contribution in [0.4, 0.5) is 0 Å². The maximum atomic E-state index is 3.66. The quantitative estimate of drug-likeness (QED) is 0.639. The van der Waals surface area contributed by atoms with Crippen molar-refractivity contribution in [2.75, 3.05) is 0 Å². The van der Waals surface area contributed by atoms with Crippen molar-refractivity contribution in [2.24, 2.45) is 7.05 Å². The fourth-order valence-corrected chi connectivity index (χ4v) is 0.291. The summed E-state index contributed by atoms with van der Waals surface area (Å²) < 4.78 is 1.76. The van der Waals surface area contributed by atoms with Crippen molar-refractivity contribution in [3.63, 3.8) is 0 Å². The van der Waals surface area contributed by atoms with E-state index >= 15 is 0 Å². The predicted molar refractivity (Wildman–Crippen MR) is 28.5 cm³/mol. The van der Waals surface area contributed by atoms with Gasteiger partial charge in [-0.3, -0.25) is 0 Å². The molecule has 0 radical (unpaired) electrons. The van der Waals surface area contributed by atoms with Crippen LogP contribution in [0.5, 0.6) is 0 Å². The summed E-state index contributed by atoms with van der Waals surface area (Å²) in [5, 5.41) is 0. The molecule has 0 aliphatic carbocycles. The van der Waals surface area contributed by atoms with Gasteiger partial charge >= 0.3 is 21.1 Å². The molecule has 0 aliphatic rings. The number of hydrogen-bond donors (Lipinski definition) is 0. The summed E-state index contributed by atoms with van der Waals surface area (Å²) in [6.07, 6.45) is 6.19. The van der Waals surface area contributed by atoms with E-state index in [2.05, 4.69) is 11.3 Å². The second-order valence-electron chi connectivity index (χ2n) is 1.14. The molecule has 0 N–H and O–H groups in total. The largest absolute Gasteiger partial charge is 2.00 e. The van der Waals surface area contributed by atoms with Crippen LogP contribution >= 0.6 is 0 Å². The van der Waals surface area contributed by atoms with E-state index in [4.69, 9.17) is 0 Å². The molecule has 0 spiro atoms. The molecule has 0 amide bonds. The molecule has 3 heteroatoms. The molecular formula is C5H8N2W. The van der Waals surface area contributed by atoms with Gasteiger partial charge in [0.2, 0.25) is 0 Å². The van der Waals surface area contributed by atoms with Gasteiger partial charge in [0.1, 0.15) is 0 Å². The predicted octanol–water partition coefficient (Wildman–Crippen LogP) is 0.668. The third-order valence-corrected chi connectivity index (χ3v) is 0.580. The van der Waals surface area contributed by atoms with Gasteiger partial charge in [0.25, 0.3) is 0 Å². The molecule has 8 heavy (non-hydrogen) atoms. The number of nitrogens with zero attached hydrogens (tertiary/aromatic N) is 2. The summed E-state index contributed by atoms with van der Waals surface area (Å²) in [4.78, 5) is 3.66. The monoisotopic (exact) mass is 280 g/mol. The molecule has 44 valence electrons. The minimum atomic E-state index is 0. The molecule has 2 nitrogen and oxygen atoms in total. The van der Waals surface area contributed by atoms with Crippen molar-refractivity contribution in [1.82, 2.24) is 9.55 Å². The summed E-state index contributed by atoms with van der Waals surface area (Å²) in [6.45, 7) is 0. The van der Waals surface area contributed by atoms with Gasteiger partial charge in [0, 0.05) is 6.33 Å². The van der Waals surface area contributed by atoms with Gasteiger partial charge in [-0.15, -0.1) is 12.4 Å². The molecule has 0 unspecified atom stereocenters. The molecule has 0 aromatic carbocycles. The molecule has 1 aromatic heterocycles. The number of hydrogen-bond acceptors (Lipinski definition) is 1. The standard InChI is InChI=1S/C4H5N2.CH3.W/c1-6-3-2-5-4-6;;/h2-3H,1H3;1H3;/q2*-1;+2. The molecule has 0 fully saturated rings. The summed E-state index contributed by atoms with van der Waals surface area (Å²) in [6, 6.07) is 0. The van der Waals surface area contributed by atoms with Crippen LogP contribution in [0, 0.1) is 13.8 Å². The van der Waals surface area contributed by atoms with E-state index in [-0.39, 0.29) is 28.5 Å². The molecule has 1 rings (SSSR count). The van der Waals surface area contributed by atoms with E-state index in [9.17, 15) is 0 Å². The van der Waals surface area contributed by atoms with Crippen LogP contribution < -0.4 is 0 Å². The van der Waals surface area contributed by atoms with E-state index in [1.54, 1.807) is 10.8 Å². The van der Waals surface area contributed by atoms with Gasteiger partial charge in [-0.1, -0.05) is 0 Å². The number of aromatic nitrogens is 2. The van der Waals surface area contributed by atoms with Crippen molar-refractivity contribution in [2.45, 2.75) is 0 Å².